The Kier molecular flexibility index (Phi) is 3.12. The highest BCUT2D eigenvalue weighted by atomic mass is 32.2. The molecule has 0 spiro atoms. The van der Waals surface area contributed by atoms with Gasteiger partial charge in [0.25, 0.3) is 0 Å². The molecule has 0 radical (unpaired) electrons. The fraction of sp³-hybridized carbons (Fsp3) is 0. The first-order valence-corrected chi connectivity index (χ1v) is 7.57. The molecule has 0 N–H and O–H groups in total. The van der Waals surface area contributed by atoms with Crippen LogP contribution in [0.5, 0.6) is 0 Å². The van der Waals surface area contributed by atoms with Gasteiger partial charge in [-0.05, 0) is 30.3 Å². The molecule has 1 heterocycles. The van der Waals surface area contributed by atoms with E-state index in [1.165, 1.54) is 6.07 Å². The Morgan fingerprint density at radius 2 is 1.40 bits per heavy atom. The molecule has 0 saturated heterocycles. The zero-order valence-electron chi connectivity index (χ0n) is 10.5. The third kappa shape index (κ3) is 2.23. The van der Waals surface area contributed by atoms with Crippen LogP contribution in [0.25, 0.3) is 5.69 Å². The minimum absolute atomic E-state index is 0.0487. The van der Waals surface area contributed by atoms with E-state index in [1.54, 1.807) is 41.2 Å². The molecule has 2 aromatic carbocycles. The third-order valence-electron chi connectivity index (χ3n) is 2.91. The van der Waals surface area contributed by atoms with E-state index >= 15 is 0 Å². The molecule has 0 aliphatic heterocycles. The molecular weight excluding hydrogens is 272 g/mol. The quantitative estimate of drug-likeness (QED) is 0.743. The van der Waals surface area contributed by atoms with Crippen molar-refractivity contribution in [2.75, 3.05) is 0 Å². The van der Waals surface area contributed by atoms with Gasteiger partial charge in [0, 0.05) is 6.20 Å². The van der Waals surface area contributed by atoms with Crippen LogP contribution in [0.4, 0.5) is 0 Å². The molecule has 5 heteroatoms. The van der Waals surface area contributed by atoms with E-state index < -0.39 is 9.84 Å². The largest absolute Gasteiger partial charge is 0.240 e. The van der Waals surface area contributed by atoms with Crippen molar-refractivity contribution >= 4 is 9.84 Å². The molecule has 1 aromatic heterocycles. The molecule has 20 heavy (non-hydrogen) atoms. The van der Waals surface area contributed by atoms with Crippen LogP contribution in [0.3, 0.4) is 0 Å². The first kappa shape index (κ1) is 12.6. The van der Waals surface area contributed by atoms with E-state index in [0.29, 0.717) is 0 Å². The van der Waals surface area contributed by atoms with E-state index in [2.05, 4.69) is 5.10 Å². The molecule has 0 atom stereocenters. The standard InChI is InChI=1S/C15H12N2O2S/c18-20(19,14-9-5-2-6-10-14)15-11-12-17(16-15)13-7-3-1-4-8-13/h1-12H. The van der Waals surface area contributed by atoms with Crippen molar-refractivity contribution in [1.29, 1.82) is 0 Å². The molecule has 0 aliphatic rings. The molecular formula is C15H12N2O2S. The van der Waals surface area contributed by atoms with E-state index in [-0.39, 0.29) is 9.92 Å². The summed E-state index contributed by atoms with van der Waals surface area (Å²) in [4.78, 5) is 0.248. The van der Waals surface area contributed by atoms with E-state index in [4.69, 9.17) is 0 Å². The number of hydrogen-bond acceptors (Lipinski definition) is 3. The maximum atomic E-state index is 12.4. The number of aromatic nitrogens is 2. The Morgan fingerprint density at radius 3 is 2.05 bits per heavy atom. The van der Waals surface area contributed by atoms with Gasteiger partial charge in [0.15, 0.2) is 5.03 Å². The highest BCUT2D eigenvalue weighted by Gasteiger charge is 2.20. The van der Waals surface area contributed by atoms with Crippen molar-refractivity contribution < 1.29 is 8.42 Å². The van der Waals surface area contributed by atoms with Gasteiger partial charge in [0.2, 0.25) is 9.84 Å². The van der Waals surface area contributed by atoms with Gasteiger partial charge in [-0.2, -0.15) is 5.10 Å². The van der Waals surface area contributed by atoms with Crippen LogP contribution in [0.15, 0.2) is 82.8 Å². The van der Waals surface area contributed by atoms with Crippen molar-refractivity contribution in [1.82, 2.24) is 9.78 Å². The smallest absolute Gasteiger partial charge is 0.225 e. The first-order chi connectivity index (χ1) is 9.68. The van der Waals surface area contributed by atoms with E-state index in [1.807, 2.05) is 30.3 Å². The van der Waals surface area contributed by atoms with Crippen molar-refractivity contribution in [3.05, 3.63) is 72.9 Å². The lowest BCUT2D eigenvalue weighted by molar-refractivity contribution is 0.590. The maximum Gasteiger partial charge on any atom is 0.225 e. The normalized spacial score (nSPS) is 11.4. The van der Waals surface area contributed by atoms with Gasteiger partial charge in [0.05, 0.1) is 10.6 Å². The predicted molar refractivity (Wildman–Crippen MR) is 75.5 cm³/mol. The molecule has 0 amide bonds. The Morgan fingerprint density at radius 1 is 0.800 bits per heavy atom. The third-order valence-corrected chi connectivity index (χ3v) is 4.58. The minimum atomic E-state index is -3.56. The summed E-state index contributed by atoms with van der Waals surface area (Å²) in [6, 6.07) is 19.2. The summed E-state index contributed by atoms with van der Waals surface area (Å²) in [7, 11) is -3.56. The van der Waals surface area contributed by atoms with Crippen LogP contribution < -0.4 is 0 Å². The number of rotatable bonds is 3. The zero-order valence-corrected chi connectivity index (χ0v) is 11.4. The monoisotopic (exact) mass is 284 g/mol. The summed E-state index contributed by atoms with van der Waals surface area (Å²) >= 11 is 0. The Hall–Kier alpha value is -2.40. The van der Waals surface area contributed by atoms with Gasteiger partial charge in [-0.1, -0.05) is 36.4 Å². The number of nitrogens with zero attached hydrogens (tertiary/aromatic N) is 2. The summed E-state index contributed by atoms with van der Waals surface area (Å²) in [6.45, 7) is 0. The molecule has 0 saturated carbocycles. The van der Waals surface area contributed by atoms with Crippen LogP contribution in [0, 0.1) is 0 Å². The number of para-hydroxylation sites is 1. The van der Waals surface area contributed by atoms with Crippen LogP contribution >= 0.6 is 0 Å². The van der Waals surface area contributed by atoms with Crippen molar-refractivity contribution in [2.24, 2.45) is 0 Å². The fourth-order valence-electron chi connectivity index (χ4n) is 1.90. The molecule has 4 nitrogen and oxygen atoms in total. The van der Waals surface area contributed by atoms with Crippen molar-refractivity contribution in [3.63, 3.8) is 0 Å². The average Bonchev–Trinajstić information content (AvgIpc) is 3.00. The summed E-state index contributed by atoms with van der Waals surface area (Å²) in [5.41, 5.74) is 0.821. The highest BCUT2D eigenvalue weighted by Crippen LogP contribution is 2.19. The molecule has 0 unspecified atom stereocenters. The van der Waals surface area contributed by atoms with Gasteiger partial charge in [-0.25, -0.2) is 13.1 Å². The van der Waals surface area contributed by atoms with Crippen molar-refractivity contribution in [3.8, 4) is 5.69 Å². The Balaban J connectivity index is 2.03. The lowest BCUT2D eigenvalue weighted by Crippen LogP contribution is -2.04. The minimum Gasteiger partial charge on any atom is -0.240 e. The summed E-state index contributed by atoms with van der Waals surface area (Å²) < 4.78 is 26.4. The predicted octanol–water partition coefficient (Wildman–Crippen LogP) is 2.71. The van der Waals surface area contributed by atoms with Gasteiger partial charge in [0.1, 0.15) is 0 Å². The molecule has 0 aliphatic carbocycles. The van der Waals surface area contributed by atoms with Crippen LogP contribution in [0.1, 0.15) is 0 Å². The van der Waals surface area contributed by atoms with Gasteiger partial charge in [-0.3, -0.25) is 0 Å². The fourth-order valence-corrected chi connectivity index (χ4v) is 3.09. The number of sulfone groups is 1. The molecule has 3 aromatic rings. The maximum absolute atomic E-state index is 12.4. The molecule has 100 valence electrons. The van der Waals surface area contributed by atoms with Crippen LogP contribution in [-0.4, -0.2) is 18.2 Å². The second kappa shape index (κ2) is 4.94. The second-order valence-corrected chi connectivity index (χ2v) is 6.15. The van der Waals surface area contributed by atoms with Gasteiger partial charge in [-0.15, -0.1) is 0 Å². The SMILES string of the molecule is O=S(=O)(c1ccccc1)c1ccn(-c2ccccc2)n1. The molecule has 0 bridgehead atoms. The first-order valence-electron chi connectivity index (χ1n) is 6.09. The molecule has 0 fully saturated rings. The van der Waals surface area contributed by atoms with Crippen LogP contribution in [0.2, 0.25) is 0 Å². The van der Waals surface area contributed by atoms with Crippen LogP contribution in [-0.2, 0) is 9.84 Å². The summed E-state index contributed by atoms with van der Waals surface area (Å²) in [5.74, 6) is 0. The van der Waals surface area contributed by atoms with E-state index in [0.717, 1.165) is 5.69 Å². The number of benzene rings is 2. The Labute approximate surface area is 117 Å². The lowest BCUT2D eigenvalue weighted by atomic mass is 10.3. The number of hydrogen-bond donors (Lipinski definition) is 0. The van der Waals surface area contributed by atoms with E-state index in [9.17, 15) is 8.42 Å². The highest BCUT2D eigenvalue weighted by molar-refractivity contribution is 7.91. The van der Waals surface area contributed by atoms with Crippen molar-refractivity contribution in [2.45, 2.75) is 9.92 Å². The summed E-state index contributed by atoms with van der Waals surface area (Å²) in [6.07, 6.45) is 1.64. The molecule has 3 rings (SSSR count). The topological polar surface area (TPSA) is 52.0 Å². The van der Waals surface area contributed by atoms with Gasteiger partial charge < -0.3 is 0 Å². The summed E-state index contributed by atoms with van der Waals surface area (Å²) in [5, 5.41) is 4.21. The van der Waals surface area contributed by atoms with Gasteiger partial charge >= 0.3 is 0 Å². The Bertz CT molecular complexity index is 809. The second-order valence-electron chi connectivity index (χ2n) is 4.25. The average molecular weight is 284 g/mol. The lowest BCUT2D eigenvalue weighted by Gasteiger charge is -2.01. The zero-order chi connectivity index (χ0) is 14.0.